The summed E-state index contributed by atoms with van der Waals surface area (Å²) >= 11 is 0. The maximum absolute atomic E-state index is 12.5. The van der Waals surface area contributed by atoms with Gasteiger partial charge in [-0.3, -0.25) is 9.59 Å². The summed E-state index contributed by atoms with van der Waals surface area (Å²) in [5.74, 6) is -0.0515. The fourth-order valence-corrected chi connectivity index (χ4v) is 12.1. The Morgan fingerprint density at radius 1 is 0.333 bits per heavy atom. The lowest BCUT2D eigenvalue weighted by atomic mass is 10.0. The Kier molecular flexibility index (Phi) is 71.9. The van der Waals surface area contributed by atoms with E-state index in [2.05, 4.69) is 43.5 Å². The van der Waals surface area contributed by atoms with Crippen molar-refractivity contribution in [2.45, 2.75) is 437 Å². The molecule has 1 amide bonds. The molecule has 0 aliphatic heterocycles. The smallest absolute Gasteiger partial charge is 0.305 e. The van der Waals surface area contributed by atoms with Gasteiger partial charge in [-0.2, -0.15) is 0 Å². The number of unbranched alkanes of at least 4 members (excludes halogenated alkanes) is 57. The number of hydrogen-bond donors (Lipinski definition) is 3. The lowest BCUT2D eigenvalue weighted by Crippen LogP contribution is -2.45. The zero-order chi connectivity index (χ0) is 60.6. The summed E-state index contributed by atoms with van der Waals surface area (Å²) in [5, 5.41) is 23.3. The number of nitrogens with one attached hydrogen (secondary N) is 1. The second-order valence-corrected chi connectivity index (χ2v) is 26.3. The molecule has 0 saturated carbocycles. The standard InChI is InChI=1S/C78H149NO5/c1-3-5-7-9-11-13-15-17-19-21-23-24-32-35-38-42-46-50-54-58-62-66-70-76(81)75(74-80)79-77(82)71-67-63-59-55-51-47-43-39-36-33-30-28-26-25-27-29-31-34-37-41-45-49-53-57-61-65-69-73-84-78(83)72-68-64-60-56-52-48-44-40-22-20-18-16-14-12-10-8-6-4-2/h25-26,29,31,66,70,75-76,80-81H,3-24,27-28,30,32-65,67-69,71-74H2,1-2H3,(H,79,82)/b26-25-,31-29-,70-66+. The minimum atomic E-state index is -0.848. The molecule has 6 nitrogen and oxygen atoms in total. The van der Waals surface area contributed by atoms with Crippen molar-refractivity contribution in [3.05, 3.63) is 36.5 Å². The molecule has 0 aromatic carbocycles. The van der Waals surface area contributed by atoms with E-state index in [-0.39, 0.29) is 18.5 Å². The third-order valence-corrected chi connectivity index (χ3v) is 17.9. The van der Waals surface area contributed by atoms with Gasteiger partial charge in [-0.05, 0) is 64.2 Å². The molecule has 0 spiro atoms. The molecule has 84 heavy (non-hydrogen) atoms. The number of aliphatic hydroxyl groups excluding tert-OH is 2. The van der Waals surface area contributed by atoms with E-state index in [0.717, 1.165) is 44.9 Å². The Hall–Kier alpha value is -1.92. The molecule has 6 heteroatoms. The van der Waals surface area contributed by atoms with Gasteiger partial charge in [-0.15, -0.1) is 0 Å². The summed E-state index contributed by atoms with van der Waals surface area (Å²) in [6.07, 6.45) is 95.3. The van der Waals surface area contributed by atoms with Crippen LogP contribution in [-0.2, 0) is 14.3 Å². The van der Waals surface area contributed by atoms with Gasteiger partial charge in [-0.25, -0.2) is 0 Å². The van der Waals surface area contributed by atoms with Gasteiger partial charge in [0.1, 0.15) is 0 Å². The minimum absolute atomic E-state index is 0.0154. The zero-order valence-corrected chi connectivity index (χ0v) is 56.9. The molecule has 496 valence electrons. The second-order valence-electron chi connectivity index (χ2n) is 26.3. The first-order valence-corrected chi connectivity index (χ1v) is 38.3. The summed E-state index contributed by atoms with van der Waals surface area (Å²) in [5.41, 5.74) is 0. The molecule has 0 rings (SSSR count). The molecular formula is C78H149NO5. The Morgan fingerprint density at radius 2 is 0.595 bits per heavy atom. The van der Waals surface area contributed by atoms with E-state index in [1.807, 2.05) is 6.08 Å². The van der Waals surface area contributed by atoms with E-state index in [4.69, 9.17) is 4.74 Å². The molecular weight excluding hydrogens is 1030 g/mol. The highest BCUT2D eigenvalue weighted by Gasteiger charge is 2.18. The quantitative estimate of drug-likeness (QED) is 0.0320. The van der Waals surface area contributed by atoms with Crippen molar-refractivity contribution in [3.8, 4) is 0 Å². The number of ether oxygens (including phenoxy) is 1. The van der Waals surface area contributed by atoms with E-state index in [1.54, 1.807) is 6.08 Å². The molecule has 2 unspecified atom stereocenters. The number of allylic oxidation sites excluding steroid dienone is 5. The highest BCUT2D eigenvalue weighted by atomic mass is 16.5. The highest BCUT2D eigenvalue weighted by molar-refractivity contribution is 5.76. The van der Waals surface area contributed by atoms with Crippen LogP contribution in [0.5, 0.6) is 0 Å². The van der Waals surface area contributed by atoms with E-state index in [9.17, 15) is 19.8 Å². The summed E-state index contributed by atoms with van der Waals surface area (Å²) in [4.78, 5) is 24.7. The second kappa shape index (κ2) is 73.5. The lowest BCUT2D eigenvalue weighted by molar-refractivity contribution is -0.143. The van der Waals surface area contributed by atoms with Crippen LogP contribution in [0.25, 0.3) is 0 Å². The van der Waals surface area contributed by atoms with Gasteiger partial charge >= 0.3 is 5.97 Å². The van der Waals surface area contributed by atoms with Crippen LogP contribution in [0.15, 0.2) is 36.5 Å². The van der Waals surface area contributed by atoms with Gasteiger partial charge in [0.05, 0.1) is 25.4 Å². The molecule has 0 fully saturated rings. The molecule has 0 aromatic rings. The number of carbonyl (C=O) groups excluding carboxylic acids is 2. The Morgan fingerprint density at radius 3 is 0.905 bits per heavy atom. The van der Waals surface area contributed by atoms with Gasteiger partial charge < -0.3 is 20.3 Å². The Bertz CT molecular complexity index is 1360. The molecule has 0 aromatic heterocycles. The molecule has 0 heterocycles. The van der Waals surface area contributed by atoms with Crippen molar-refractivity contribution in [1.82, 2.24) is 5.32 Å². The van der Waals surface area contributed by atoms with Gasteiger partial charge in [0.2, 0.25) is 5.91 Å². The van der Waals surface area contributed by atoms with Crippen LogP contribution in [0.1, 0.15) is 425 Å². The van der Waals surface area contributed by atoms with Gasteiger partial charge in [0.15, 0.2) is 0 Å². The van der Waals surface area contributed by atoms with Crippen LogP contribution in [0.3, 0.4) is 0 Å². The van der Waals surface area contributed by atoms with Crippen molar-refractivity contribution < 1.29 is 24.5 Å². The summed E-state index contributed by atoms with van der Waals surface area (Å²) in [6, 6.07) is -0.632. The molecule has 0 radical (unpaired) electrons. The summed E-state index contributed by atoms with van der Waals surface area (Å²) < 4.78 is 5.51. The van der Waals surface area contributed by atoms with Crippen LogP contribution in [0, 0.1) is 0 Å². The maximum Gasteiger partial charge on any atom is 0.305 e. The largest absolute Gasteiger partial charge is 0.466 e. The first kappa shape index (κ1) is 82.1. The Balaban J connectivity index is 3.42. The van der Waals surface area contributed by atoms with Crippen molar-refractivity contribution in [2.75, 3.05) is 13.2 Å². The molecule has 0 aliphatic carbocycles. The first-order valence-electron chi connectivity index (χ1n) is 38.3. The monoisotopic (exact) mass is 1180 g/mol. The first-order chi connectivity index (χ1) is 41.5. The predicted octanol–water partition coefficient (Wildman–Crippen LogP) is 25.0. The van der Waals surface area contributed by atoms with E-state index in [0.29, 0.717) is 19.4 Å². The van der Waals surface area contributed by atoms with Crippen molar-refractivity contribution in [3.63, 3.8) is 0 Å². The molecule has 0 saturated heterocycles. The maximum atomic E-state index is 12.5. The number of rotatable bonds is 72. The van der Waals surface area contributed by atoms with Crippen LogP contribution >= 0.6 is 0 Å². The lowest BCUT2D eigenvalue weighted by Gasteiger charge is -2.20. The molecule has 2 atom stereocenters. The number of hydrogen-bond acceptors (Lipinski definition) is 5. The van der Waals surface area contributed by atoms with Crippen LogP contribution in [-0.4, -0.2) is 47.4 Å². The van der Waals surface area contributed by atoms with E-state index >= 15 is 0 Å². The van der Waals surface area contributed by atoms with Crippen LogP contribution in [0.4, 0.5) is 0 Å². The van der Waals surface area contributed by atoms with Gasteiger partial charge in [0, 0.05) is 12.8 Å². The average molecular weight is 1180 g/mol. The predicted molar refractivity (Wildman–Crippen MR) is 370 cm³/mol. The zero-order valence-electron chi connectivity index (χ0n) is 56.9. The fraction of sp³-hybridized carbons (Fsp3) is 0.897. The summed E-state index contributed by atoms with van der Waals surface area (Å²) in [7, 11) is 0. The van der Waals surface area contributed by atoms with Crippen LogP contribution in [0.2, 0.25) is 0 Å². The van der Waals surface area contributed by atoms with Crippen molar-refractivity contribution in [1.29, 1.82) is 0 Å². The normalized spacial score (nSPS) is 12.7. The minimum Gasteiger partial charge on any atom is -0.466 e. The third-order valence-electron chi connectivity index (χ3n) is 17.9. The Labute approximate surface area is 525 Å². The van der Waals surface area contributed by atoms with Gasteiger partial charge in [-0.1, -0.05) is 384 Å². The SMILES string of the molecule is CCCCCCCCCCCCCCCCCCCCCC/C=C/C(O)C(CO)NC(=O)CCCCCCCCCCCCC/C=C\C/C=C\CCCCCCCCCCCOC(=O)CCCCCCCCCCCCCCCCCCCC. The molecule has 0 bridgehead atoms. The van der Waals surface area contributed by atoms with Crippen molar-refractivity contribution in [2.24, 2.45) is 0 Å². The number of esters is 1. The van der Waals surface area contributed by atoms with Gasteiger partial charge in [0.25, 0.3) is 0 Å². The molecule has 3 N–H and O–H groups in total. The number of aliphatic hydroxyl groups is 2. The number of amides is 1. The fourth-order valence-electron chi connectivity index (χ4n) is 12.1. The number of carbonyl (C=O) groups is 2. The third kappa shape index (κ3) is 69.2. The highest BCUT2D eigenvalue weighted by Crippen LogP contribution is 2.19. The molecule has 0 aliphatic rings. The van der Waals surface area contributed by atoms with Crippen LogP contribution < -0.4 is 5.32 Å². The average Bonchev–Trinajstić information content (AvgIpc) is 3.52. The van der Waals surface area contributed by atoms with E-state index in [1.165, 1.54) is 353 Å². The van der Waals surface area contributed by atoms with Crippen molar-refractivity contribution >= 4 is 11.9 Å². The topological polar surface area (TPSA) is 95.9 Å². The summed E-state index contributed by atoms with van der Waals surface area (Å²) in [6.45, 7) is 4.95. The van der Waals surface area contributed by atoms with E-state index < -0.39 is 12.1 Å².